The maximum Gasteiger partial charge on any atom is 0.310 e. The smallest absolute Gasteiger partial charge is 0.310 e. The molecule has 1 spiro atoms. The number of carbonyl (C=O) groups is 3. The van der Waals surface area contributed by atoms with Crippen molar-refractivity contribution in [3.63, 3.8) is 0 Å². The fourth-order valence-electron chi connectivity index (χ4n) is 6.03. The zero-order valence-electron chi connectivity index (χ0n) is 20.1. The van der Waals surface area contributed by atoms with E-state index < -0.39 is 28.7 Å². The van der Waals surface area contributed by atoms with E-state index in [1.165, 1.54) is 0 Å². The highest BCUT2D eigenvalue weighted by atomic mass is 79.9. The van der Waals surface area contributed by atoms with E-state index in [1.54, 1.807) is 34.6 Å². The van der Waals surface area contributed by atoms with Crippen LogP contribution in [0, 0.1) is 11.8 Å². The molecule has 3 heterocycles. The van der Waals surface area contributed by atoms with Crippen molar-refractivity contribution in [3.05, 3.63) is 48.6 Å². The van der Waals surface area contributed by atoms with E-state index in [9.17, 15) is 19.5 Å². The average Bonchev–Trinajstić information content (AvgIpc) is 3.44. The van der Waals surface area contributed by atoms with Crippen LogP contribution in [0.1, 0.15) is 32.3 Å². The molecule has 190 valence electrons. The Kier molecular flexibility index (Phi) is 7.98. The lowest BCUT2D eigenvalue weighted by molar-refractivity contribution is -0.154. The molecule has 0 radical (unpaired) electrons. The fourth-order valence-corrected chi connectivity index (χ4v) is 9.61. The molecule has 7 atom stereocenters. The molecule has 0 aliphatic carbocycles. The highest BCUT2D eigenvalue weighted by Gasteiger charge is 2.76. The van der Waals surface area contributed by atoms with Gasteiger partial charge in [0.25, 0.3) is 0 Å². The minimum absolute atomic E-state index is 0.0163. The van der Waals surface area contributed by atoms with Crippen LogP contribution in [-0.2, 0) is 25.7 Å². The first-order chi connectivity index (χ1) is 16.8. The van der Waals surface area contributed by atoms with Gasteiger partial charge >= 0.3 is 5.97 Å². The van der Waals surface area contributed by atoms with Gasteiger partial charge in [0, 0.05) is 23.2 Å². The number of ether oxygens (including phenoxy) is 1. The number of carbonyl (C=O) groups excluding carboxylic acids is 3. The first-order valence-electron chi connectivity index (χ1n) is 12.2. The molecule has 3 saturated heterocycles. The van der Waals surface area contributed by atoms with E-state index in [0.29, 0.717) is 25.9 Å². The molecule has 35 heavy (non-hydrogen) atoms. The Morgan fingerprint density at radius 2 is 2.09 bits per heavy atom. The molecule has 0 aromatic heterocycles. The van der Waals surface area contributed by atoms with Crippen LogP contribution in [-0.4, -0.2) is 79.4 Å². The molecule has 3 aliphatic rings. The molecule has 1 N–H and O–H groups in total. The summed E-state index contributed by atoms with van der Waals surface area (Å²) in [5, 5.41) is 10.0. The Morgan fingerprint density at radius 1 is 1.37 bits per heavy atom. The first-order valence-corrected chi connectivity index (χ1v) is 14.0. The van der Waals surface area contributed by atoms with Gasteiger partial charge in [0.05, 0.1) is 35.8 Å². The second kappa shape index (κ2) is 10.6. The van der Waals surface area contributed by atoms with Crippen molar-refractivity contribution < 1.29 is 24.2 Å². The third-order valence-corrected chi connectivity index (χ3v) is 10.7. The average molecular weight is 566 g/mol. The summed E-state index contributed by atoms with van der Waals surface area (Å²) in [5.74, 6) is -2.05. The van der Waals surface area contributed by atoms with Crippen molar-refractivity contribution in [2.45, 2.75) is 60.1 Å². The number of esters is 1. The number of halogens is 1. The van der Waals surface area contributed by atoms with Crippen LogP contribution in [0.2, 0.25) is 0 Å². The predicted molar refractivity (Wildman–Crippen MR) is 139 cm³/mol. The number of nitrogens with zero attached hydrogens (tertiary/aromatic N) is 2. The summed E-state index contributed by atoms with van der Waals surface area (Å²) < 4.78 is 4.63. The third-order valence-electron chi connectivity index (χ3n) is 7.47. The van der Waals surface area contributed by atoms with Crippen LogP contribution in [0.4, 0.5) is 0 Å². The van der Waals surface area contributed by atoms with Crippen molar-refractivity contribution in [3.8, 4) is 0 Å². The van der Waals surface area contributed by atoms with Crippen LogP contribution in [0.15, 0.2) is 43.0 Å². The molecular formula is C26H33BrN2O5S. The number of amides is 2. The topological polar surface area (TPSA) is 87.2 Å². The first kappa shape index (κ1) is 26.2. The number of benzene rings is 1. The number of rotatable bonds is 10. The quantitative estimate of drug-likeness (QED) is 0.267. The Labute approximate surface area is 219 Å². The lowest BCUT2D eigenvalue weighted by Gasteiger charge is -2.39. The van der Waals surface area contributed by atoms with Crippen LogP contribution in [0.5, 0.6) is 0 Å². The molecule has 3 fully saturated rings. The van der Waals surface area contributed by atoms with Crippen molar-refractivity contribution in [1.29, 1.82) is 0 Å². The summed E-state index contributed by atoms with van der Waals surface area (Å²) in [5.41, 5.74) is 0.980. The lowest BCUT2D eigenvalue weighted by atomic mass is 9.71. The van der Waals surface area contributed by atoms with Crippen molar-refractivity contribution in [2.75, 3.05) is 19.8 Å². The number of alkyl halides is 1. The summed E-state index contributed by atoms with van der Waals surface area (Å²) in [6.45, 7) is 8.20. The Hall–Kier alpha value is -1.84. The van der Waals surface area contributed by atoms with E-state index in [4.69, 9.17) is 4.74 Å². The summed E-state index contributed by atoms with van der Waals surface area (Å²) in [4.78, 5) is 44.7. The fraction of sp³-hybridized carbons (Fsp3) is 0.577. The normalized spacial score (nSPS) is 31.8. The zero-order valence-corrected chi connectivity index (χ0v) is 22.5. The van der Waals surface area contributed by atoms with E-state index in [1.807, 2.05) is 37.3 Å². The lowest BCUT2D eigenvalue weighted by Crippen LogP contribution is -2.57. The number of aliphatic hydroxyl groups is 1. The molecule has 3 aliphatic heterocycles. The highest BCUT2D eigenvalue weighted by Crippen LogP contribution is 2.68. The van der Waals surface area contributed by atoms with Gasteiger partial charge in [0.15, 0.2) is 0 Å². The number of thioether (sulfide) groups is 1. The standard InChI is InChI=1S/C26H33BrN2O5S/c1-4-12-28(14-16-10-8-7-9-11-16)24(32)22-26-13-18(27)21(35-26)19(25(33)34-6-3)20(26)23(31)29(22)17(5-2)15-30/h4,7-11,17-22,30H,1,5-6,12-15H2,2-3H3/t17-,18?,19+,20-,21+,22?,26?/m0/s1. The van der Waals surface area contributed by atoms with Crippen molar-refractivity contribution in [1.82, 2.24) is 9.80 Å². The summed E-state index contributed by atoms with van der Waals surface area (Å²) >= 11 is 5.33. The van der Waals surface area contributed by atoms with Crippen LogP contribution in [0.3, 0.4) is 0 Å². The van der Waals surface area contributed by atoms with Gasteiger partial charge in [0.1, 0.15) is 6.04 Å². The van der Waals surface area contributed by atoms with E-state index >= 15 is 0 Å². The summed E-state index contributed by atoms with van der Waals surface area (Å²) in [6.07, 6.45) is 2.79. The molecule has 7 nitrogen and oxygen atoms in total. The minimum Gasteiger partial charge on any atom is -0.466 e. The SMILES string of the molecule is C=CCN(Cc1ccccc1)C(=O)C1N([C@@H](CC)CO)C(=O)[C@@H]2[C@@H](C(=O)OCC)[C@@H]3SC12CC3Br. The van der Waals surface area contributed by atoms with Crippen LogP contribution in [0.25, 0.3) is 0 Å². The van der Waals surface area contributed by atoms with E-state index in [-0.39, 0.29) is 41.1 Å². The summed E-state index contributed by atoms with van der Waals surface area (Å²) in [6, 6.07) is 8.43. The molecule has 0 saturated carbocycles. The minimum atomic E-state index is -0.782. The molecule has 4 rings (SSSR count). The summed E-state index contributed by atoms with van der Waals surface area (Å²) in [7, 11) is 0. The maximum atomic E-state index is 14.3. The number of aliphatic hydroxyl groups excluding tert-OH is 1. The van der Waals surface area contributed by atoms with Gasteiger partial charge in [-0.2, -0.15) is 0 Å². The molecule has 1 aromatic rings. The van der Waals surface area contributed by atoms with Gasteiger partial charge in [-0.05, 0) is 25.3 Å². The monoisotopic (exact) mass is 564 g/mol. The van der Waals surface area contributed by atoms with Gasteiger partial charge in [-0.1, -0.05) is 59.3 Å². The Morgan fingerprint density at radius 3 is 2.69 bits per heavy atom. The maximum absolute atomic E-state index is 14.3. The van der Waals surface area contributed by atoms with Gasteiger partial charge in [-0.25, -0.2) is 0 Å². The number of hydrogen-bond acceptors (Lipinski definition) is 6. The van der Waals surface area contributed by atoms with Crippen molar-refractivity contribution >= 4 is 45.5 Å². The zero-order chi connectivity index (χ0) is 25.3. The second-order valence-electron chi connectivity index (χ2n) is 9.40. The van der Waals surface area contributed by atoms with E-state index in [2.05, 4.69) is 22.5 Å². The number of hydrogen-bond donors (Lipinski definition) is 1. The number of likely N-dealkylation sites (tertiary alicyclic amines) is 1. The van der Waals surface area contributed by atoms with Gasteiger partial charge in [-0.15, -0.1) is 18.3 Å². The van der Waals surface area contributed by atoms with Crippen LogP contribution < -0.4 is 0 Å². The molecule has 9 heteroatoms. The third kappa shape index (κ3) is 4.33. The second-order valence-corrected chi connectivity index (χ2v) is 12.1. The Bertz CT molecular complexity index is 974. The molecule has 2 amide bonds. The predicted octanol–water partition coefficient (Wildman–Crippen LogP) is 3.00. The van der Waals surface area contributed by atoms with Crippen molar-refractivity contribution in [2.24, 2.45) is 11.8 Å². The number of fused-ring (bicyclic) bond motifs is 1. The van der Waals surface area contributed by atoms with Gasteiger partial charge in [0.2, 0.25) is 11.8 Å². The molecule has 3 unspecified atom stereocenters. The molecular weight excluding hydrogens is 532 g/mol. The van der Waals surface area contributed by atoms with Crippen LogP contribution >= 0.6 is 27.7 Å². The Balaban J connectivity index is 1.78. The van der Waals surface area contributed by atoms with E-state index in [0.717, 1.165) is 5.56 Å². The highest BCUT2D eigenvalue weighted by molar-refractivity contribution is 9.09. The van der Waals surface area contributed by atoms with Gasteiger partial charge < -0.3 is 19.6 Å². The molecule has 2 bridgehead atoms. The molecule has 1 aromatic carbocycles. The van der Waals surface area contributed by atoms with Gasteiger partial charge in [-0.3, -0.25) is 14.4 Å². The largest absolute Gasteiger partial charge is 0.466 e.